The minimum Gasteiger partial charge on any atom is -0.465 e. The molecule has 1 aromatic heterocycles. The van der Waals surface area contributed by atoms with Crippen LogP contribution in [-0.4, -0.2) is 32.8 Å². The predicted molar refractivity (Wildman–Crippen MR) is 112 cm³/mol. The highest BCUT2D eigenvalue weighted by Crippen LogP contribution is 2.24. The van der Waals surface area contributed by atoms with Gasteiger partial charge in [0.2, 0.25) is 0 Å². The summed E-state index contributed by atoms with van der Waals surface area (Å²) < 4.78 is 7.44. The molecule has 0 aliphatic carbocycles. The lowest BCUT2D eigenvalue weighted by molar-refractivity contribution is -0.144. The monoisotopic (exact) mass is 458 g/mol. The maximum absolute atomic E-state index is 11.9. The number of halogens is 1. The molecule has 29 heavy (non-hydrogen) atoms. The van der Waals surface area contributed by atoms with Crippen LogP contribution in [0.4, 0.5) is 0 Å². The molecule has 1 unspecified atom stereocenters. The van der Waals surface area contributed by atoms with E-state index >= 15 is 0 Å². The minimum absolute atomic E-state index is 0.0506. The number of carbonyl (C=O) groups excluding carboxylic acids is 1. The molecule has 0 fully saturated rings. The summed E-state index contributed by atoms with van der Waals surface area (Å²) >= 11 is 3.51. The number of nitrogens with one attached hydrogen (secondary N) is 1. The third-order valence-corrected chi connectivity index (χ3v) is 4.81. The summed E-state index contributed by atoms with van der Waals surface area (Å²) in [5.74, 6) is 0.149. The lowest BCUT2D eigenvalue weighted by atomic mass is 10.0. The van der Waals surface area contributed by atoms with Crippen LogP contribution in [0.1, 0.15) is 35.5 Å². The van der Waals surface area contributed by atoms with Gasteiger partial charge in [-0.25, -0.2) is 4.68 Å². The molecule has 0 bridgehead atoms. The first kappa shape index (κ1) is 21.1. The Morgan fingerprint density at radius 3 is 2.79 bits per heavy atom. The number of aromatic nitrogens is 4. The Kier molecular flexibility index (Phi) is 7.45. The van der Waals surface area contributed by atoms with Crippen molar-refractivity contribution in [3.63, 3.8) is 0 Å². The second-order valence-corrected chi connectivity index (χ2v) is 7.31. The molecule has 0 amide bonds. The van der Waals surface area contributed by atoms with Crippen molar-refractivity contribution in [2.45, 2.75) is 32.6 Å². The predicted octanol–water partition coefficient (Wildman–Crippen LogP) is 2.34. The van der Waals surface area contributed by atoms with Crippen molar-refractivity contribution in [1.29, 1.82) is 0 Å². The van der Waals surface area contributed by atoms with Crippen LogP contribution >= 0.6 is 15.9 Å². The highest BCUT2D eigenvalue weighted by Gasteiger charge is 2.22. The Balaban J connectivity index is 1.88. The van der Waals surface area contributed by atoms with E-state index < -0.39 is 0 Å². The molecule has 3 N–H and O–H groups in total. The lowest BCUT2D eigenvalue weighted by Crippen LogP contribution is -2.27. The van der Waals surface area contributed by atoms with E-state index in [2.05, 4.69) is 42.8 Å². The zero-order valence-electron chi connectivity index (χ0n) is 16.1. The van der Waals surface area contributed by atoms with Crippen LogP contribution in [0.15, 0.2) is 53.0 Å². The summed E-state index contributed by atoms with van der Waals surface area (Å²) in [7, 11) is 0. The van der Waals surface area contributed by atoms with E-state index in [0.717, 1.165) is 21.2 Å². The van der Waals surface area contributed by atoms with Gasteiger partial charge in [-0.3, -0.25) is 10.1 Å². The van der Waals surface area contributed by atoms with Crippen molar-refractivity contribution in [2.24, 2.45) is 5.73 Å². The number of hydrogen-bond acceptors (Lipinski definition) is 7. The maximum atomic E-state index is 11.9. The number of carbonyl (C=O) groups is 1. The van der Waals surface area contributed by atoms with E-state index in [4.69, 9.17) is 10.5 Å². The quantitative estimate of drug-likeness (QED) is 0.473. The summed E-state index contributed by atoms with van der Waals surface area (Å²) in [6.07, 6.45) is 0. The first-order valence-corrected chi connectivity index (χ1v) is 10.1. The maximum Gasteiger partial charge on any atom is 0.327 e. The Morgan fingerprint density at radius 2 is 2.03 bits per heavy atom. The van der Waals surface area contributed by atoms with Gasteiger partial charge >= 0.3 is 5.97 Å². The van der Waals surface area contributed by atoms with Crippen molar-refractivity contribution >= 4 is 21.9 Å². The molecule has 9 heteroatoms. The molecule has 0 aliphatic heterocycles. The fourth-order valence-electron chi connectivity index (χ4n) is 2.99. The average molecular weight is 459 g/mol. The molecule has 3 aromatic rings. The highest BCUT2D eigenvalue weighted by molar-refractivity contribution is 9.10. The van der Waals surface area contributed by atoms with Crippen molar-refractivity contribution in [3.8, 4) is 0 Å². The second kappa shape index (κ2) is 10.2. The zero-order chi connectivity index (χ0) is 20.6. The molecular weight excluding hydrogens is 436 g/mol. The molecule has 152 valence electrons. The smallest absolute Gasteiger partial charge is 0.327 e. The van der Waals surface area contributed by atoms with Gasteiger partial charge in [0.05, 0.1) is 12.6 Å². The minimum atomic E-state index is -0.385. The Hall–Kier alpha value is -2.62. The Morgan fingerprint density at radius 1 is 1.24 bits per heavy atom. The molecule has 0 saturated heterocycles. The number of hydrogen-bond donors (Lipinski definition) is 2. The van der Waals surface area contributed by atoms with Crippen molar-refractivity contribution in [3.05, 3.63) is 75.5 Å². The van der Waals surface area contributed by atoms with Crippen LogP contribution in [0.3, 0.4) is 0 Å². The number of benzene rings is 2. The molecule has 0 aliphatic rings. The molecule has 3 rings (SSSR count). The van der Waals surface area contributed by atoms with Gasteiger partial charge in [0, 0.05) is 17.6 Å². The van der Waals surface area contributed by atoms with Crippen molar-refractivity contribution < 1.29 is 9.53 Å². The van der Waals surface area contributed by atoms with Crippen LogP contribution in [0, 0.1) is 0 Å². The normalized spacial score (nSPS) is 12.0. The van der Waals surface area contributed by atoms with Gasteiger partial charge in [-0.1, -0.05) is 52.3 Å². The van der Waals surface area contributed by atoms with Crippen LogP contribution in [0.25, 0.3) is 0 Å². The molecule has 1 heterocycles. The fourth-order valence-corrected chi connectivity index (χ4v) is 3.41. The average Bonchev–Trinajstić information content (AvgIpc) is 3.16. The second-order valence-electron chi connectivity index (χ2n) is 6.39. The summed E-state index contributed by atoms with van der Waals surface area (Å²) in [6, 6.07) is 15.6. The molecule has 0 spiro atoms. The number of nitrogens with zero attached hydrogens (tertiary/aromatic N) is 4. The molecular formula is C20H23BrN6O2. The van der Waals surface area contributed by atoms with Gasteiger partial charge in [-0.2, -0.15) is 0 Å². The summed E-state index contributed by atoms with van der Waals surface area (Å²) in [4.78, 5) is 11.9. The number of esters is 1. The Bertz CT molecular complexity index is 961. The first-order chi connectivity index (χ1) is 14.1. The van der Waals surface area contributed by atoms with Crippen LogP contribution < -0.4 is 11.1 Å². The van der Waals surface area contributed by atoms with Gasteiger partial charge in [0.25, 0.3) is 0 Å². The van der Waals surface area contributed by atoms with Gasteiger partial charge in [0.1, 0.15) is 6.54 Å². The standard InChI is InChI=1S/C20H23BrN6O2/c1-2-29-18(28)13-27-20(24-25-26-27)19(16-7-4-8-17(21)10-16)23-12-15-6-3-5-14(9-15)11-22/h3-10,19,23H,2,11-13,22H2,1H3. The summed E-state index contributed by atoms with van der Waals surface area (Å²) in [5.41, 5.74) is 8.88. The molecule has 2 aromatic carbocycles. The zero-order valence-corrected chi connectivity index (χ0v) is 17.7. The first-order valence-electron chi connectivity index (χ1n) is 9.29. The summed E-state index contributed by atoms with van der Waals surface area (Å²) in [6.45, 7) is 3.09. The number of ether oxygens (including phenoxy) is 1. The van der Waals surface area contributed by atoms with E-state index in [0.29, 0.717) is 25.5 Å². The van der Waals surface area contributed by atoms with E-state index in [-0.39, 0.29) is 18.6 Å². The van der Waals surface area contributed by atoms with E-state index in [1.807, 2.05) is 42.5 Å². The van der Waals surface area contributed by atoms with Crippen LogP contribution in [0.2, 0.25) is 0 Å². The van der Waals surface area contributed by atoms with Gasteiger partial charge < -0.3 is 10.5 Å². The number of tetrazole rings is 1. The molecule has 1 atom stereocenters. The number of rotatable bonds is 9. The molecule has 0 radical (unpaired) electrons. The molecule has 8 nitrogen and oxygen atoms in total. The van der Waals surface area contributed by atoms with E-state index in [1.54, 1.807) is 6.92 Å². The third-order valence-electron chi connectivity index (χ3n) is 4.32. The van der Waals surface area contributed by atoms with E-state index in [1.165, 1.54) is 4.68 Å². The van der Waals surface area contributed by atoms with Gasteiger partial charge in [-0.05, 0) is 46.2 Å². The fraction of sp³-hybridized carbons (Fsp3) is 0.300. The summed E-state index contributed by atoms with van der Waals surface area (Å²) in [5, 5.41) is 15.4. The largest absolute Gasteiger partial charge is 0.465 e. The van der Waals surface area contributed by atoms with Gasteiger partial charge in [0.15, 0.2) is 5.82 Å². The molecule has 0 saturated carbocycles. The van der Waals surface area contributed by atoms with Crippen molar-refractivity contribution in [1.82, 2.24) is 25.5 Å². The van der Waals surface area contributed by atoms with E-state index in [9.17, 15) is 4.79 Å². The topological polar surface area (TPSA) is 108 Å². The van der Waals surface area contributed by atoms with Crippen LogP contribution in [-0.2, 0) is 29.2 Å². The number of nitrogens with two attached hydrogens (primary N) is 1. The van der Waals surface area contributed by atoms with Gasteiger partial charge in [-0.15, -0.1) is 5.10 Å². The van der Waals surface area contributed by atoms with Crippen molar-refractivity contribution in [2.75, 3.05) is 6.61 Å². The Labute approximate surface area is 177 Å². The highest BCUT2D eigenvalue weighted by atomic mass is 79.9. The third kappa shape index (κ3) is 5.69. The lowest BCUT2D eigenvalue weighted by Gasteiger charge is -2.19. The SMILES string of the molecule is CCOC(=O)Cn1nnnc1C(NCc1cccc(CN)c1)c1cccc(Br)c1. The van der Waals surface area contributed by atoms with Crippen LogP contribution in [0.5, 0.6) is 0 Å².